The molecule has 1 aliphatic heterocycles. The number of hydrogen-bond acceptors (Lipinski definition) is 5. The smallest absolute Gasteiger partial charge is 0.266 e. The number of carbonyl (C=O) groups is 1. The van der Waals surface area contributed by atoms with Gasteiger partial charge in [0, 0.05) is 52.0 Å². The van der Waals surface area contributed by atoms with E-state index >= 15 is 0 Å². The van der Waals surface area contributed by atoms with Crippen LogP contribution in [0.25, 0.3) is 0 Å². The van der Waals surface area contributed by atoms with Gasteiger partial charge in [0.2, 0.25) is 0 Å². The van der Waals surface area contributed by atoms with Gasteiger partial charge in [0.1, 0.15) is 17.5 Å². The Kier molecular flexibility index (Phi) is 6.73. The van der Waals surface area contributed by atoms with Crippen molar-refractivity contribution in [1.29, 1.82) is 5.26 Å². The molecule has 24 heavy (non-hydrogen) atoms. The van der Waals surface area contributed by atoms with Crippen LogP contribution >= 0.6 is 0 Å². The van der Waals surface area contributed by atoms with E-state index in [1.165, 1.54) is 18.3 Å². The number of halogens is 1. The molecule has 1 amide bonds. The maximum Gasteiger partial charge on any atom is 0.266 e. The molecule has 1 aliphatic rings. The van der Waals surface area contributed by atoms with Gasteiger partial charge in [-0.25, -0.2) is 4.39 Å². The van der Waals surface area contributed by atoms with Crippen LogP contribution in [0.5, 0.6) is 0 Å². The number of amides is 1. The summed E-state index contributed by atoms with van der Waals surface area (Å²) in [4.78, 5) is 16.3. The number of nitrogens with two attached hydrogens (primary N) is 1. The predicted molar refractivity (Wildman–Crippen MR) is 89.0 cm³/mol. The molecule has 0 aromatic heterocycles. The van der Waals surface area contributed by atoms with Crippen LogP contribution in [-0.4, -0.2) is 55.0 Å². The van der Waals surface area contributed by atoms with Gasteiger partial charge in [0.05, 0.1) is 0 Å². The molecule has 0 radical (unpaired) electrons. The molecule has 0 saturated carbocycles. The van der Waals surface area contributed by atoms with Crippen LogP contribution in [0.15, 0.2) is 36.0 Å². The third-order valence-electron chi connectivity index (χ3n) is 3.90. The Balaban J connectivity index is 1.88. The van der Waals surface area contributed by atoms with E-state index in [0.29, 0.717) is 26.2 Å². The quantitative estimate of drug-likeness (QED) is 0.583. The maximum atomic E-state index is 13.1. The molecule has 2 rings (SSSR count). The minimum Gasteiger partial charge on any atom is -0.386 e. The van der Waals surface area contributed by atoms with Crippen LogP contribution in [0.4, 0.5) is 4.39 Å². The van der Waals surface area contributed by atoms with Crippen LogP contribution in [0.2, 0.25) is 0 Å². The van der Waals surface area contributed by atoms with Crippen LogP contribution in [0.1, 0.15) is 5.56 Å². The molecule has 1 aromatic carbocycles. The van der Waals surface area contributed by atoms with Crippen molar-refractivity contribution in [3.8, 4) is 6.07 Å². The van der Waals surface area contributed by atoms with Gasteiger partial charge in [0.25, 0.3) is 5.91 Å². The van der Waals surface area contributed by atoms with E-state index in [-0.39, 0.29) is 17.3 Å². The summed E-state index contributed by atoms with van der Waals surface area (Å²) >= 11 is 0. The highest BCUT2D eigenvalue weighted by molar-refractivity contribution is 5.97. The Labute approximate surface area is 141 Å². The zero-order chi connectivity index (χ0) is 17.4. The Bertz CT molecular complexity index is 632. The van der Waals surface area contributed by atoms with Crippen molar-refractivity contribution < 1.29 is 9.18 Å². The molecule has 128 valence electrons. The monoisotopic (exact) mass is 331 g/mol. The minimum atomic E-state index is -0.315. The second-order valence-electron chi connectivity index (χ2n) is 5.60. The number of nitrogens with zero attached hydrogens (tertiary/aromatic N) is 3. The third kappa shape index (κ3) is 5.05. The van der Waals surface area contributed by atoms with E-state index < -0.39 is 0 Å². The normalized spacial score (nSPS) is 15.9. The SMILES string of the molecule is N#C/C(=C/NCc1cccc(F)c1)C(=O)N1CCN(CCN)CC1. The molecular formula is C17H22FN5O. The molecule has 0 spiro atoms. The van der Waals surface area contributed by atoms with Crippen LogP contribution in [0.3, 0.4) is 0 Å². The van der Waals surface area contributed by atoms with Crippen molar-refractivity contribution in [1.82, 2.24) is 15.1 Å². The van der Waals surface area contributed by atoms with E-state index in [4.69, 9.17) is 5.73 Å². The standard InChI is InChI=1S/C17H22FN5O/c18-16-3-1-2-14(10-16)12-21-13-15(11-20)17(24)23-8-6-22(5-4-19)7-9-23/h1-3,10,13,21H,4-9,12,19H2/b15-13-. The molecule has 0 aliphatic carbocycles. The molecular weight excluding hydrogens is 309 g/mol. The summed E-state index contributed by atoms with van der Waals surface area (Å²) in [6, 6.07) is 8.10. The second kappa shape index (κ2) is 9.01. The molecule has 1 heterocycles. The lowest BCUT2D eigenvalue weighted by Gasteiger charge is -2.34. The van der Waals surface area contributed by atoms with Crippen molar-refractivity contribution in [3.63, 3.8) is 0 Å². The topological polar surface area (TPSA) is 85.4 Å². The van der Waals surface area contributed by atoms with Crippen molar-refractivity contribution in [2.75, 3.05) is 39.3 Å². The maximum absolute atomic E-state index is 13.1. The first-order valence-corrected chi connectivity index (χ1v) is 7.94. The van der Waals surface area contributed by atoms with E-state index in [0.717, 1.165) is 25.2 Å². The van der Waals surface area contributed by atoms with Crippen molar-refractivity contribution in [2.24, 2.45) is 5.73 Å². The second-order valence-corrected chi connectivity index (χ2v) is 5.60. The molecule has 1 fully saturated rings. The van der Waals surface area contributed by atoms with Crippen LogP contribution < -0.4 is 11.1 Å². The van der Waals surface area contributed by atoms with Crippen molar-refractivity contribution in [3.05, 3.63) is 47.4 Å². The summed E-state index contributed by atoms with van der Waals surface area (Å²) in [5.41, 5.74) is 6.33. The van der Waals surface area contributed by atoms with Gasteiger partial charge < -0.3 is 16.0 Å². The molecule has 6 nitrogen and oxygen atoms in total. The number of rotatable bonds is 6. The molecule has 1 aromatic rings. The van der Waals surface area contributed by atoms with Gasteiger partial charge in [-0.3, -0.25) is 9.69 Å². The third-order valence-corrected chi connectivity index (χ3v) is 3.90. The van der Waals surface area contributed by atoms with Gasteiger partial charge in [0.15, 0.2) is 0 Å². The highest BCUT2D eigenvalue weighted by atomic mass is 19.1. The fourth-order valence-electron chi connectivity index (χ4n) is 2.59. The largest absolute Gasteiger partial charge is 0.386 e. The Morgan fingerprint density at radius 2 is 2.12 bits per heavy atom. The minimum absolute atomic E-state index is 0.0543. The van der Waals surface area contributed by atoms with E-state index in [1.54, 1.807) is 17.0 Å². The summed E-state index contributed by atoms with van der Waals surface area (Å²) in [5.74, 6) is -0.596. The summed E-state index contributed by atoms with van der Waals surface area (Å²) in [6.45, 7) is 4.46. The highest BCUT2D eigenvalue weighted by Gasteiger charge is 2.23. The fourth-order valence-corrected chi connectivity index (χ4v) is 2.59. The summed E-state index contributed by atoms with van der Waals surface area (Å²) in [6.07, 6.45) is 1.40. The van der Waals surface area contributed by atoms with E-state index in [9.17, 15) is 14.4 Å². The number of hydrogen-bond donors (Lipinski definition) is 2. The van der Waals surface area contributed by atoms with Crippen molar-refractivity contribution >= 4 is 5.91 Å². The van der Waals surface area contributed by atoms with Gasteiger partial charge in [-0.15, -0.1) is 0 Å². The molecule has 0 bridgehead atoms. The number of nitrogens with one attached hydrogen (secondary N) is 1. The zero-order valence-electron chi connectivity index (χ0n) is 13.5. The van der Waals surface area contributed by atoms with Gasteiger partial charge >= 0.3 is 0 Å². The first kappa shape index (κ1) is 17.9. The van der Waals surface area contributed by atoms with Gasteiger partial charge in [-0.05, 0) is 17.7 Å². The van der Waals surface area contributed by atoms with Crippen LogP contribution in [-0.2, 0) is 11.3 Å². The molecule has 0 atom stereocenters. The lowest BCUT2D eigenvalue weighted by atomic mass is 10.2. The average Bonchev–Trinajstić information content (AvgIpc) is 2.59. The van der Waals surface area contributed by atoms with Gasteiger partial charge in [-0.1, -0.05) is 12.1 Å². The zero-order valence-corrected chi connectivity index (χ0v) is 13.5. The summed E-state index contributed by atoms with van der Waals surface area (Å²) in [7, 11) is 0. The fraction of sp³-hybridized carbons (Fsp3) is 0.412. The van der Waals surface area contributed by atoms with Gasteiger partial charge in [-0.2, -0.15) is 5.26 Å². The summed E-state index contributed by atoms with van der Waals surface area (Å²) in [5, 5.41) is 12.1. The summed E-state index contributed by atoms with van der Waals surface area (Å²) < 4.78 is 13.1. The van der Waals surface area contributed by atoms with Crippen molar-refractivity contribution in [2.45, 2.75) is 6.54 Å². The Hall–Kier alpha value is -2.43. The highest BCUT2D eigenvalue weighted by Crippen LogP contribution is 2.07. The molecule has 0 unspecified atom stereocenters. The number of nitriles is 1. The van der Waals surface area contributed by atoms with Crippen LogP contribution in [0, 0.1) is 17.1 Å². The van der Waals surface area contributed by atoms with E-state index in [1.807, 2.05) is 6.07 Å². The van der Waals surface area contributed by atoms with E-state index in [2.05, 4.69) is 10.2 Å². The molecule has 3 N–H and O–H groups in total. The first-order valence-electron chi connectivity index (χ1n) is 7.94. The number of carbonyl (C=O) groups excluding carboxylic acids is 1. The number of benzene rings is 1. The Morgan fingerprint density at radius 1 is 1.38 bits per heavy atom. The lowest BCUT2D eigenvalue weighted by molar-refractivity contribution is -0.128. The average molecular weight is 331 g/mol. The first-order chi connectivity index (χ1) is 11.6. The molecule has 1 saturated heterocycles. The Morgan fingerprint density at radius 3 is 2.75 bits per heavy atom. The number of piperazine rings is 1. The molecule has 7 heteroatoms. The lowest BCUT2D eigenvalue weighted by Crippen LogP contribution is -2.50. The predicted octanol–water partition coefficient (Wildman–Crippen LogP) is 0.426.